The standard InChI is InChI=1S/C12H13BrClF/c1-3-12(2,8-13)7-9-4-5-10(14)11(15)6-9/h3-6H,1,7-8H2,2H3. The molecule has 0 aliphatic heterocycles. The molecule has 1 rings (SSSR count). The first-order valence-corrected chi connectivity index (χ1v) is 6.14. The molecular formula is C12H13BrClF. The highest BCUT2D eigenvalue weighted by molar-refractivity contribution is 9.09. The average molecular weight is 292 g/mol. The Balaban J connectivity index is 2.89. The first-order chi connectivity index (χ1) is 7.00. The van der Waals surface area contributed by atoms with Gasteiger partial charge in [-0.25, -0.2) is 4.39 Å². The third kappa shape index (κ3) is 3.32. The zero-order valence-corrected chi connectivity index (χ0v) is 10.9. The summed E-state index contributed by atoms with van der Waals surface area (Å²) in [7, 11) is 0. The fraction of sp³-hybridized carbons (Fsp3) is 0.333. The van der Waals surface area contributed by atoms with Crippen molar-refractivity contribution in [2.45, 2.75) is 13.3 Å². The summed E-state index contributed by atoms with van der Waals surface area (Å²) in [6, 6.07) is 4.91. The summed E-state index contributed by atoms with van der Waals surface area (Å²) in [5.41, 5.74) is 0.874. The summed E-state index contributed by atoms with van der Waals surface area (Å²) in [5, 5.41) is 0.964. The quantitative estimate of drug-likeness (QED) is 0.561. The normalized spacial score (nSPS) is 14.7. The Hall–Kier alpha value is -0.340. The Morgan fingerprint density at radius 3 is 2.73 bits per heavy atom. The SMILES string of the molecule is C=CC(C)(CBr)Cc1ccc(Cl)c(F)c1. The first kappa shape index (κ1) is 12.7. The second-order valence-corrected chi connectivity index (χ2v) is 4.88. The molecule has 0 aromatic heterocycles. The topological polar surface area (TPSA) is 0 Å². The minimum absolute atomic E-state index is 0.0553. The van der Waals surface area contributed by atoms with Gasteiger partial charge in [0.25, 0.3) is 0 Å². The highest BCUT2D eigenvalue weighted by Crippen LogP contribution is 2.27. The fourth-order valence-corrected chi connectivity index (χ4v) is 1.83. The maximum absolute atomic E-state index is 13.2. The Morgan fingerprint density at radius 2 is 2.27 bits per heavy atom. The van der Waals surface area contributed by atoms with E-state index in [1.54, 1.807) is 6.07 Å². The van der Waals surface area contributed by atoms with E-state index in [-0.39, 0.29) is 16.3 Å². The van der Waals surface area contributed by atoms with Crippen molar-refractivity contribution >= 4 is 27.5 Å². The first-order valence-electron chi connectivity index (χ1n) is 4.64. The van der Waals surface area contributed by atoms with Gasteiger partial charge in [-0.2, -0.15) is 0 Å². The van der Waals surface area contributed by atoms with Gasteiger partial charge in [-0.05, 0) is 29.5 Å². The lowest BCUT2D eigenvalue weighted by Crippen LogP contribution is -2.18. The van der Waals surface area contributed by atoms with Gasteiger partial charge in [0.1, 0.15) is 5.82 Å². The molecule has 0 radical (unpaired) electrons. The molecule has 3 heteroatoms. The van der Waals surface area contributed by atoms with Crippen LogP contribution in [0.1, 0.15) is 12.5 Å². The van der Waals surface area contributed by atoms with E-state index in [4.69, 9.17) is 11.6 Å². The molecule has 1 aromatic rings. The number of rotatable bonds is 4. The van der Waals surface area contributed by atoms with E-state index >= 15 is 0 Å². The van der Waals surface area contributed by atoms with Crippen molar-refractivity contribution in [3.05, 3.63) is 47.3 Å². The molecule has 0 heterocycles. The van der Waals surface area contributed by atoms with Gasteiger partial charge in [0.2, 0.25) is 0 Å². The average Bonchev–Trinajstić information content (AvgIpc) is 2.23. The molecule has 15 heavy (non-hydrogen) atoms. The van der Waals surface area contributed by atoms with E-state index in [1.165, 1.54) is 6.07 Å². The second kappa shape index (κ2) is 5.13. The van der Waals surface area contributed by atoms with Crippen LogP contribution < -0.4 is 0 Å². The lowest BCUT2D eigenvalue weighted by Gasteiger charge is -2.22. The van der Waals surface area contributed by atoms with E-state index in [2.05, 4.69) is 29.4 Å². The molecule has 0 aliphatic rings. The zero-order valence-electron chi connectivity index (χ0n) is 8.56. The molecule has 0 saturated heterocycles. The van der Waals surface area contributed by atoms with Gasteiger partial charge in [-0.15, -0.1) is 6.58 Å². The van der Waals surface area contributed by atoms with Crippen molar-refractivity contribution < 1.29 is 4.39 Å². The predicted molar refractivity (Wildman–Crippen MR) is 67.2 cm³/mol. The second-order valence-electron chi connectivity index (χ2n) is 3.92. The summed E-state index contributed by atoms with van der Waals surface area (Å²) < 4.78 is 13.2. The van der Waals surface area contributed by atoms with Crippen LogP contribution in [0.5, 0.6) is 0 Å². The van der Waals surface area contributed by atoms with E-state index < -0.39 is 0 Å². The number of allylic oxidation sites excluding steroid dienone is 1. The molecule has 0 fully saturated rings. The summed E-state index contributed by atoms with van der Waals surface area (Å²) in [6.45, 7) is 5.86. The lowest BCUT2D eigenvalue weighted by atomic mass is 9.86. The third-order valence-electron chi connectivity index (χ3n) is 2.39. The highest BCUT2D eigenvalue weighted by atomic mass is 79.9. The van der Waals surface area contributed by atoms with Crippen molar-refractivity contribution in [2.24, 2.45) is 5.41 Å². The van der Waals surface area contributed by atoms with Crippen molar-refractivity contribution in [3.8, 4) is 0 Å². The van der Waals surface area contributed by atoms with Crippen molar-refractivity contribution in [2.75, 3.05) is 5.33 Å². The maximum atomic E-state index is 13.2. The third-order valence-corrected chi connectivity index (χ3v) is 3.98. The number of alkyl halides is 1. The van der Waals surface area contributed by atoms with Crippen LogP contribution in [0.15, 0.2) is 30.9 Å². The Kier molecular flexibility index (Phi) is 4.35. The van der Waals surface area contributed by atoms with Crippen LogP contribution in [0.3, 0.4) is 0 Å². The van der Waals surface area contributed by atoms with E-state index in [1.807, 2.05) is 12.1 Å². The highest BCUT2D eigenvalue weighted by Gasteiger charge is 2.19. The summed E-state index contributed by atoms with van der Waals surface area (Å²) in [6.07, 6.45) is 2.63. The van der Waals surface area contributed by atoms with E-state index in [0.717, 1.165) is 17.3 Å². The molecule has 82 valence electrons. The number of hydrogen-bond donors (Lipinski definition) is 0. The lowest BCUT2D eigenvalue weighted by molar-refractivity contribution is 0.491. The van der Waals surface area contributed by atoms with Gasteiger partial charge in [-0.3, -0.25) is 0 Å². The van der Waals surface area contributed by atoms with E-state index in [9.17, 15) is 4.39 Å². The molecule has 0 spiro atoms. The summed E-state index contributed by atoms with van der Waals surface area (Å²) in [4.78, 5) is 0. The molecule has 0 amide bonds. The van der Waals surface area contributed by atoms with Crippen LogP contribution in [0, 0.1) is 11.2 Å². The largest absolute Gasteiger partial charge is 0.205 e. The van der Waals surface area contributed by atoms with Gasteiger partial charge in [0.05, 0.1) is 5.02 Å². The van der Waals surface area contributed by atoms with Crippen LogP contribution in [-0.2, 0) is 6.42 Å². The van der Waals surface area contributed by atoms with Gasteiger partial charge >= 0.3 is 0 Å². The number of halogens is 3. The Morgan fingerprint density at radius 1 is 1.60 bits per heavy atom. The van der Waals surface area contributed by atoms with Gasteiger partial charge in [0.15, 0.2) is 0 Å². The molecule has 0 nitrogen and oxygen atoms in total. The number of benzene rings is 1. The van der Waals surface area contributed by atoms with Crippen LogP contribution in [-0.4, -0.2) is 5.33 Å². The van der Waals surface area contributed by atoms with Crippen molar-refractivity contribution in [1.82, 2.24) is 0 Å². The van der Waals surface area contributed by atoms with Crippen LogP contribution >= 0.6 is 27.5 Å². The molecule has 0 saturated carbocycles. The summed E-state index contributed by atoms with van der Waals surface area (Å²) >= 11 is 9.05. The van der Waals surface area contributed by atoms with Crippen molar-refractivity contribution in [1.29, 1.82) is 0 Å². The van der Waals surface area contributed by atoms with Crippen LogP contribution in [0.4, 0.5) is 4.39 Å². The molecule has 0 N–H and O–H groups in total. The molecule has 1 aromatic carbocycles. The maximum Gasteiger partial charge on any atom is 0.142 e. The fourth-order valence-electron chi connectivity index (χ4n) is 1.29. The molecule has 0 aliphatic carbocycles. The predicted octanol–water partition coefficient (Wildman–Crippen LogP) is 4.61. The Labute approximate surface area is 103 Å². The Bertz CT molecular complexity index is 365. The van der Waals surface area contributed by atoms with Gasteiger partial charge < -0.3 is 0 Å². The zero-order chi connectivity index (χ0) is 11.5. The molecule has 0 bridgehead atoms. The molecular weight excluding hydrogens is 278 g/mol. The van der Waals surface area contributed by atoms with E-state index in [0.29, 0.717) is 0 Å². The van der Waals surface area contributed by atoms with Crippen LogP contribution in [0.2, 0.25) is 5.02 Å². The minimum Gasteiger partial charge on any atom is -0.205 e. The van der Waals surface area contributed by atoms with Gasteiger partial charge in [-0.1, -0.05) is 46.6 Å². The smallest absolute Gasteiger partial charge is 0.142 e. The molecule has 1 unspecified atom stereocenters. The van der Waals surface area contributed by atoms with Crippen molar-refractivity contribution in [3.63, 3.8) is 0 Å². The number of hydrogen-bond acceptors (Lipinski definition) is 0. The van der Waals surface area contributed by atoms with Crippen LogP contribution in [0.25, 0.3) is 0 Å². The monoisotopic (exact) mass is 290 g/mol. The van der Waals surface area contributed by atoms with Gasteiger partial charge in [0, 0.05) is 5.33 Å². The minimum atomic E-state index is -0.366. The molecule has 1 atom stereocenters. The summed E-state index contributed by atoms with van der Waals surface area (Å²) in [5.74, 6) is -0.366.